The lowest BCUT2D eigenvalue weighted by molar-refractivity contribution is 0.734. The van der Waals surface area contributed by atoms with Crippen LogP contribution in [0.15, 0.2) is 24.3 Å². The highest BCUT2D eigenvalue weighted by Crippen LogP contribution is 2.16. The molecule has 0 aliphatic rings. The zero-order valence-corrected chi connectivity index (χ0v) is 9.17. The van der Waals surface area contributed by atoms with Crippen molar-refractivity contribution in [3.05, 3.63) is 30.1 Å². The number of rotatable bonds is 3. The molecule has 0 aliphatic carbocycles. The third-order valence-corrected chi connectivity index (χ3v) is 2.57. The number of hydrogen-bond acceptors (Lipinski definition) is 2. The molecule has 0 fully saturated rings. The summed E-state index contributed by atoms with van der Waals surface area (Å²) in [6, 6.07) is 8.26. The van der Waals surface area contributed by atoms with Crippen LogP contribution < -0.4 is 0 Å². The maximum absolute atomic E-state index is 4.58. The summed E-state index contributed by atoms with van der Waals surface area (Å²) in [5.41, 5.74) is 2.31. The topological polar surface area (TPSA) is 17.8 Å². The predicted octanol–water partition coefficient (Wildman–Crippen LogP) is 2.53. The van der Waals surface area contributed by atoms with Crippen molar-refractivity contribution in [2.75, 3.05) is 5.75 Å². The molecule has 1 heterocycles. The van der Waals surface area contributed by atoms with Crippen LogP contribution in [-0.4, -0.2) is 15.3 Å². The molecule has 1 aromatic heterocycles. The molecular weight excluding hydrogens is 192 g/mol. The number of nitrogens with zero attached hydrogens (tertiary/aromatic N) is 2. The van der Waals surface area contributed by atoms with Gasteiger partial charge in [-0.2, -0.15) is 12.6 Å². The van der Waals surface area contributed by atoms with Gasteiger partial charge in [-0.3, -0.25) is 0 Å². The quantitative estimate of drug-likeness (QED) is 0.764. The standard InChI is InChI=1S/C11H14N2S/c1-2-11-12-9-5-3-4-6-10(9)13(11)7-8-14/h3-6,14H,2,7-8H2,1H3. The van der Waals surface area contributed by atoms with Crippen LogP contribution >= 0.6 is 12.6 Å². The second-order valence-corrected chi connectivity index (χ2v) is 3.69. The van der Waals surface area contributed by atoms with Crippen molar-refractivity contribution in [2.24, 2.45) is 0 Å². The summed E-state index contributed by atoms with van der Waals surface area (Å²) in [6.45, 7) is 3.07. The predicted molar refractivity (Wildman–Crippen MR) is 63.0 cm³/mol. The van der Waals surface area contributed by atoms with Gasteiger partial charge in [-0.15, -0.1) is 0 Å². The Morgan fingerprint density at radius 3 is 2.86 bits per heavy atom. The third-order valence-electron chi connectivity index (χ3n) is 2.37. The number of aryl methyl sites for hydroxylation is 2. The van der Waals surface area contributed by atoms with Crippen molar-refractivity contribution in [1.82, 2.24) is 9.55 Å². The van der Waals surface area contributed by atoms with Crippen LogP contribution in [-0.2, 0) is 13.0 Å². The van der Waals surface area contributed by atoms with Crippen molar-refractivity contribution in [2.45, 2.75) is 19.9 Å². The Labute approximate surface area is 89.4 Å². The van der Waals surface area contributed by atoms with E-state index in [2.05, 4.69) is 47.3 Å². The first-order valence-corrected chi connectivity index (χ1v) is 5.55. The lowest BCUT2D eigenvalue weighted by Crippen LogP contribution is -2.03. The highest BCUT2D eigenvalue weighted by atomic mass is 32.1. The Balaban J connectivity index is 2.61. The van der Waals surface area contributed by atoms with E-state index in [1.807, 2.05) is 6.07 Å². The Bertz CT molecular complexity index is 434. The Morgan fingerprint density at radius 1 is 1.36 bits per heavy atom. The zero-order chi connectivity index (χ0) is 9.97. The zero-order valence-electron chi connectivity index (χ0n) is 8.27. The first-order chi connectivity index (χ1) is 6.86. The fraction of sp³-hybridized carbons (Fsp3) is 0.364. The fourth-order valence-electron chi connectivity index (χ4n) is 1.74. The highest BCUT2D eigenvalue weighted by Gasteiger charge is 2.06. The van der Waals surface area contributed by atoms with Gasteiger partial charge < -0.3 is 4.57 Å². The van der Waals surface area contributed by atoms with Gasteiger partial charge in [0.05, 0.1) is 11.0 Å². The maximum atomic E-state index is 4.58. The molecular formula is C11H14N2S. The molecule has 0 radical (unpaired) electrons. The van der Waals surface area contributed by atoms with E-state index in [-0.39, 0.29) is 0 Å². The molecule has 14 heavy (non-hydrogen) atoms. The van der Waals surface area contributed by atoms with Crippen molar-refractivity contribution in [3.8, 4) is 0 Å². The van der Waals surface area contributed by atoms with Gasteiger partial charge in [0.2, 0.25) is 0 Å². The summed E-state index contributed by atoms with van der Waals surface area (Å²) < 4.78 is 2.25. The van der Waals surface area contributed by atoms with Crippen LogP contribution in [0.3, 0.4) is 0 Å². The van der Waals surface area contributed by atoms with E-state index in [1.165, 1.54) is 5.52 Å². The van der Waals surface area contributed by atoms with E-state index in [4.69, 9.17) is 0 Å². The Morgan fingerprint density at radius 2 is 2.14 bits per heavy atom. The summed E-state index contributed by atoms with van der Waals surface area (Å²) in [4.78, 5) is 4.58. The SMILES string of the molecule is CCc1nc2ccccc2n1CCS. The molecule has 1 aromatic carbocycles. The van der Waals surface area contributed by atoms with Gasteiger partial charge in [-0.05, 0) is 12.1 Å². The number of hydrogen-bond donors (Lipinski definition) is 1. The third kappa shape index (κ3) is 1.52. The van der Waals surface area contributed by atoms with Crippen LogP contribution in [0.4, 0.5) is 0 Å². The molecule has 0 bridgehead atoms. The molecule has 3 heteroatoms. The second-order valence-electron chi connectivity index (χ2n) is 3.25. The normalized spacial score (nSPS) is 11.0. The molecule has 2 rings (SSSR count). The summed E-state index contributed by atoms with van der Waals surface area (Å²) in [5.74, 6) is 2.01. The minimum Gasteiger partial charge on any atom is -0.327 e. The first-order valence-electron chi connectivity index (χ1n) is 4.91. The fourth-order valence-corrected chi connectivity index (χ4v) is 1.94. The maximum Gasteiger partial charge on any atom is 0.109 e. The molecule has 0 unspecified atom stereocenters. The molecule has 2 aromatic rings. The average Bonchev–Trinajstić information content (AvgIpc) is 2.58. The smallest absolute Gasteiger partial charge is 0.109 e. The Hall–Kier alpha value is -0.960. The number of para-hydroxylation sites is 2. The van der Waals surface area contributed by atoms with E-state index >= 15 is 0 Å². The molecule has 0 saturated carbocycles. The van der Waals surface area contributed by atoms with E-state index in [0.717, 1.165) is 30.1 Å². The van der Waals surface area contributed by atoms with Crippen molar-refractivity contribution in [3.63, 3.8) is 0 Å². The van der Waals surface area contributed by atoms with E-state index in [9.17, 15) is 0 Å². The van der Waals surface area contributed by atoms with Crippen LogP contribution in [0.25, 0.3) is 11.0 Å². The number of thiol groups is 1. The molecule has 0 N–H and O–H groups in total. The van der Waals surface area contributed by atoms with Gasteiger partial charge in [0.1, 0.15) is 5.82 Å². The van der Waals surface area contributed by atoms with E-state index < -0.39 is 0 Å². The minimum atomic E-state index is 0.855. The summed E-state index contributed by atoms with van der Waals surface area (Å²) in [7, 11) is 0. The van der Waals surface area contributed by atoms with Crippen molar-refractivity contribution < 1.29 is 0 Å². The van der Waals surface area contributed by atoms with Gasteiger partial charge in [0, 0.05) is 18.7 Å². The lowest BCUT2D eigenvalue weighted by atomic mass is 10.3. The molecule has 2 nitrogen and oxygen atoms in total. The van der Waals surface area contributed by atoms with Gasteiger partial charge in [0.25, 0.3) is 0 Å². The van der Waals surface area contributed by atoms with Crippen LogP contribution in [0.5, 0.6) is 0 Å². The van der Waals surface area contributed by atoms with Gasteiger partial charge in [-0.25, -0.2) is 4.98 Å². The van der Waals surface area contributed by atoms with Crippen LogP contribution in [0, 0.1) is 0 Å². The largest absolute Gasteiger partial charge is 0.327 e. The molecule has 0 spiro atoms. The lowest BCUT2D eigenvalue weighted by Gasteiger charge is -2.04. The molecule has 0 aliphatic heterocycles. The summed E-state index contributed by atoms with van der Waals surface area (Å²) >= 11 is 4.27. The van der Waals surface area contributed by atoms with Gasteiger partial charge >= 0.3 is 0 Å². The van der Waals surface area contributed by atoms with E-state index in [0.29, 0.717) is 0 Å². The molecule has 0 amide bonds. The average molecular weight is 206 g/mol. The van der Waals surface area contributed by atoms with Crippen LogP contribution in [0.2, 0.25) is 0 Å². The Kier molecular flexibility index (Phi) is 2.77. The minimum absolute atomic E-state index is 0.855. The number of imidazole rings is 1. The van der Waals surface area contributed by atoms with Crippen molar-refractivity contribution in [1.29, 1.82) is 0 Å². The first kappa shape index (κ1) is 9.59. The van der Waals surface area contributed by atoms with Gasteiger partial charge in [-0.1, -0.05) is 19.1 Å². The van der Waals surface area contributed by atoms with Crippen LogP contribution in [0.1, 0.15) is 12.7 Å². The van der Waals surface area contributed by atoms with Gasteiger partial charge in [0.15, 0.2) is 0 Å². The second kappa shape index (κ2) is 4.05. The number of aromatic nitrogens is 2. The monoisotopic (exact) mass is 206 g/mol. The number of fused-ring (bicyclic) bond motifs is 1. The molecule has 74 valence electrons. The summed E-state index contributed by atoms with van der Waals surface area (Å²) in [5, 5.41) is 0. The number of benzene rings is 1. The van der Waals surface area contributed by atoms with E-state index in [1.54, 1.807) is 0 Å². The molecule has 0 saturated heterocycles. The molecule has 0 atom stereocenters. The van der Waals surface area contributed by atoms with Crippen molar-refractivity contribution >= 4 is 23.7 Å². The summed E-state index contributed by atoms with van der Waals surface area (Å²) in [6.07, 6.45) is 0.975. The highest BCUT2D eigenvalue weighted by molar-refractivity contribution is 7.80.